The first-order valence-corrected chi connectivity index (χ1v) is 7.22. The molecule has 1 heterocycles. The highest BCUT2D eigenvalue weighted by atomic mass is 32.1. The second-order valence-electron chi connectivity index (χ2n) is 4.54. The molecule has 20 heavy (non-hydrogen) atoms. The van der Waals surface area contributed by atoms with Crippen molar-refractivity contribution in [3.8, 4) is 5.75 Å². The average molecular weight is 290 g/mol. The van der Waals surface area contributed by atoms with E-state index in [1.54, 1.807) is 12.5 Å². The third kappa shape index (κ3) is 3.59. The van der Waals surface area contributed by atoms with Crippen molar-refractivity contribution >= 4 is 17.2 Å². The van der Waals surface area contributed by atoms with Crippen LogP contribution in [0.4, 0.5) is 0 Å². The van der Waals surface area contributed by atoms with Gasteiger partial charge in [-0.15, -0.1) is 11.3 Å². The molecule has 2 aromatic rings. The predicted molar refractivity (Wildman–Crippen MR) is 81.1 cm³/mol. The molecular formula is C15H18N2O2S. The molecule has 5 heteroatoms. The van der Waals surface area contributed by atoms with Crippen molar-refractivity contribution in [3.63, 3.8) is 0 Å². The first-order valence-electron chi connectivity index (χ1n) is 6.34. The standard InChI is InChI=1S/C15H18N2O2S/c1-10(11-3-5-13(19-2)6-4-11)17-8-14-7-12(9-20-14)15(16)18/h3-7,9-10,17H,8H2,1-2H3,(H2,16,18)/t10-/m1/s1. The molecule has 0 aliphatic heterocycles. The van der Waals surface area contributed by atoms with Gasteiger partial charge in [-0.1, -0.05) is 12.1 Å². The van der Waals surface area contributed by atoms with E-state index in [0.717, 1.165) is 10.6 Å². The van der Waals surface area contributed by atoms with E-state index >= 15 is 0 Å². The van der Waals surface area contributed by atoms with Crippen molar-refractivity contribution in [3.05, 3.63) is 51.7 Å². The van der Waals surface area contributed by atoms with Gasteiger partial charge < -0.3 is 15.8 Å². The Morgan fingerprint density at radius 1 is 1.40 bits per heavy atom. The monoisotopic (exact) mass is 290 g/mol. The number of thiophene rings is 1. The lowest BCUT2D eigenvalue weighted by atomic mass is 10.1. The van der Waals surface area contributed by atoms with Crippen molar-refractivity contribution < 1.29 is 9.53 Å². The van der Waals surface area contributed by atoms with E-state index in [4.69, 9.17) is 10.5 Å². The number of carbonyl (C=O) groups is 1. The zero-order valence-electron chi connectivity index (χ0n) is 11.6. The number of hydrogen-bond donors (Lipinski definition) is 2. The minimum Gasteiger partial charge on any atom is -0.497 e. The summed E-state index contributed by atoms with van der Waals surface area (Å²) in [5, 5.41) is 5.21. The Bertz CT molecular complexity index is 578. The van der Waals surface area contributed by atoms with Gasteiger partial charge in [0.1, 0.15) is 5.75 Å². The SMILES string of the molecule is COc1ccc([C@@H](C)NCc2cc(C(N)=O)cs2)cc1. The predicted octanol–water partition coefficient (Wildman–Crippen LogP) is 2.71. The fraction of sp³-hybridized carbons (Fsp3) is 0.267. The number of nitrogens with two attached hydrogens (primary N) is 1. The van der Waals surface area contributed by atoms with E-state index in [1.165, 1.54) is 16.9 Å². The van der Waals surface area contributed by atoms with E-state index in [2.05, 4.69) is 12.2 Å². The van der Waals surface area contributed by atoms with Gasteiger partial charge in [0.05, 0.1) is 12.7 Å². The summed E-state index contributed by atoms with van der Waals surface area (Å²) in [7, 11) is 1.66. The molecule has 1 aromatic carbocycles. The molecule has 3 N–H and O–H groups in total. The lowest BCUT2D eigenvalue weighted by molar-refractivity contribution is 0.100. The van der Waals surface area contributed by atoms with Crippen LogP contribution in [0.25, 0.3) is 0 Å². The van der Waals surface area contributed by atoms with Crippen molar-refractivity contribution in [1.82, 2.24) is 5.32 Å². The zero-order chi connectivity index (χ0) is 14.5. The van der Waals surface area contributed by atoms with Gasteiger partial charge in [-0.3, -0.25) is 4.79 Å². The van der Waals surface area contributed by atoms with Crippen LogP contribution < -0.4 is 15.8 Å². The average Bonchev–Trinajstić information content (AvgIpc) is 2.94. The number of methoxy groups -OCH3 is 1. The number of carbonyl (C=O) groups excluding carboxylic acids is 1. The number of amides is 1. The van der Waals surface area contributed by atoms with Crippen molar-refractivity contribution in [2.45, 2.75) is 19.5 Å². The van der Waals surface area contributed by atoms with E-state index in [0.29, 0.717) is 12.1 Å². The topological polar surface area (TPSA) is 64.3 Å². The van der Waals surface area contributed by atoms with Gasteiger partial charge in [-0.05, 0) is 30.7 Å². The summed E-state index contributed by atoms with van der Waals surface area (Å²) in [4.78, 5) is 12.1. The molecule has 0 fully saturated rings. The molecule has 1 atom stereocenters. The van der Waals surface area contributed by atoms with E-state index < -0.39 is 0 Å². The molecule has 0 aliphatic carbocycles. The van der Waals surface area contributed by atoms with Crippen LogP contribution in [0.1, 0.15) is 33.8 Å². The second-order valence-corrected chi connectivity index (χ2v) is 5.54. The van der Waals surface area contributed by atoms with E-state index in [9.17, 15) is 4.79 Å². The molecule has 0 spiro atoms. The largest absolute Gasteiger partial charge is 0.497 e. The van der Waals surface area contributed by atoms with Crippen LogP contribution in [0, 0.1) is 0 Å². The molecule has 0 saturated heterocycles. The summed E-state index contributed by atoms with van der Waals surface area (Å²) in [5.41, 5.74) is 7.00. The molecule has 1 amide bonds. The van der Waals surface area contributed by atoms with Crippen LogP contribution in [0.15, 0.2) is 35.7 Å². The molecular weight excluding hydrogens is 272 g/mol. The minimum atomic E-state index is -0.379. The maximum absolute atomic E-state index is 11.0. The molecule has 0 aliphatic rings. The first kappa shape index (κ1) is 14.6. The highest BCUT2D eigenvalue weighted by Gasteiger charge is 2.08. The summed E-state index contributed by atoms with van der Waals surface area (Å²) >= 11 is 1.54. The first-order chi connectivity index (χ1) is 9.60. The Morgan fingerprint density at radius 2 is 2.10 bits per heavy atom. The third-order valence-corrected chi connectivity index (χ3v) is 4.07. The quantitative estimate of drug-likeness (QED) is 0.859. The van der Waals surface area contributed by atoms with Crippen LogP contribution in [0.2, 0.25) is 0 Å². The van der Waals surface area contributed by atoms with Crippen molar-refractivity contribution in [2.75, 3.05) is 7.11 Å². The smallest absolute Gasteiger partial charge is 0.249 e. The maximum Gasteiger partial charge on any atom is 0.249 e. The Hall–Kier alpha value is -1.85. The Morgan fingerprint density at radius 3 is 2.65 bits per heavy atom. The van der Waals surface area contributed by atoms with E-state index in [-0.39, 0.29) is 11.9 Å². The Kier molecular flexibility index (Phi) is 4.76. The molecule has 2 rings (SSSR count). The van der Waals surface area contributed by atoms with Gasteiger partial charge in [0.15, 0.2) is 0 Å². The number of hydrogen-bond acceptors (Lipinski definition) is 4. The van der Waals surface area contributed by atoms with Gasteiger partial charge in [-0.2, -0.15) is 0 Å². The summed E-state index contributed by atoms with van der Waals surface area (Å²) in [5.74, 6) is 0.473. The number of benzene rings is 1. The van der Waals surface area contributed by atoms with E-state index in [1.807, 2.05) is 30.3 Å². The number of rotatable bonds is 6. The van der Waals surface area contributed by atoms with Crippen LogP contribution in [-0.2, 0) is 6.54 Å². The fourth-order valence-electron chi connectivity index (χ4n) is 1.87. The van der Waals surface area contributed by atoms with Crippen LogP contribution in [0.5, 0.6) is 5.75 Å². The molecule has 0 radical (unpaired) electrons. The summed E-state index contributed by atoms with van der Waals surface area (Å²) in [6.45, 7) is 2.82. The molecule has 0 saturated carbocycles. The highest BCUT2D eigenvalue weighted by molar-refractivity contribution is 7.10. The van der Waals surface area contributed by atoms with Crippen molar-refractivity contribution in [1.29, 1.82) is 0 Å². The third-order valence-electron chi connectivity index (χ3n) is 3.14. The summed E-state index contributed by atoms with van der Waals surface area (Å²) in [6.07, 6.45) is 0. The summed E-state index contributed by atoms with van der Waals surface area (Å²) < 4.78 is 5.14. The fourth-order valence-corrected chi connectivity index (χ4v) is 2.69. The van der Waals surface area contributed by atoms with Gasteiger partial charge in [-0.25, -0.2) is 0 Å². The second kappa shape index (κ2) is 6.54. The molecule has 1 aromatic heterocycles. The van der Waals surface area contributed by atoms with Crippen LogP contribution in [0.3, 0.4) is 0 Å². The van der Waals surface area contributed by atoms with Crippen LogP contribution in [-0.4, -0.2) is 13.0 Å². The van der Waals surface area contributed by atoms with Gasteiger partial charge in [0.25, 0.3) is 0 Å². The molecule has 0 unspecified atom stereocenters. The number of nitrogens with one attached hydrogen (secondary N) is 1. The van der Waals surface area contributed by atoms with Gasteiger partial charge in [0, 0.05) is 22.8 Å². The molecule has 4 nitrogen and oxygen atoms in total. The van der Waals surface area contributed by atoms with Crippen LogP contribution >= 0.6 is 11.3 Å². The lowest BCUT2D eigenvalue weighted by Crippen LogP contribution is -2.17. The number of ether oxygens (including phenoxy) is 1. The lowest BCUT2D eigenvalue weighted by Gasteiger charge is -2.14. The van der Waals surface area contributed by atoms with Crippen molar-refractivity contribution in [2.24, 2.45) is 5.73 Å². The van der Waals surface area contributed by atoms with Gasteiger partial charge >= 0.3 is 0 Å². The highest BCUT2D eigenvalue weighted by Crippen LogP contribution is 2.19. The maximum atomic E-state index is 11.0. The summed E-state index contributed by atoms with van der Waals surface area (Å²) in [6, 6.07) is 10.0. The number of primary amides is 1. The molecule has 106 valence electrons. The Labute approximate surface area is 122 Å². The Balaban J connectivity index is 1.93. The zero-order valence-corrected chi connectivity index (χ0v) is 12.4. The normalized spacial score (nSPS) is 12.1. The minimum absolute atomic E-state index is 0.222. The van der Waals surface area contributed by atoms with Gasteiger partial charge in [0.2, 0.25) is 5.91 Å². The molecule has 0 bridgehead atoms.